The SMILES string of the molecule is C=CCOC(=O)C1=C(C)OC(N)=C(C#N)[C@H]1c1cc2c(C)ccc(C)c2[nH]c1=O. The molecule has 1 aliphatic heterocycles. The van der Waals surface area contributed by atoms with Crippen LogP contribution in [0.2, 0.25) is 0 Å². The lowest BCUT2D eigenvalue weighted by Crippen LogP contribution is -2.29. The first-order valence-electron chi connectivity index (χ1n) is 8.99. The monoisotopic (exact) mass is 391 g/mol. The molecule has 0 fully saturated rings. The molecule has 0 bridgehead atoms. The first-order valence-corrected chi connectivity index (χ1v) is 8.99. The van der Waals surface area contributed by atoms with Gasteiger partial charge in [-0.2, -0.15) is 5.26 Å². The Kier molecular flexibility index (Phi) is 5.29. The topological polar surface area (TPSA) is 118 Å². The average molecular weight is 391 g/mol. The normalized spacial score (nSPS) is 16.4. The summed E-state index contributed by atoms with van der Waals surface area (Å²) in [5.41, 5.74) is 8.32. The van der Waals surface area contributed by atoms with Crippen molar-refractivity contribution >= 4 is 16.9 Å². The summed E-state index contributed by atoms with van der Waals surface area (Å²) in [6.45, 7) is 8.86. The highest BCUT2D eigenvalue weighted by Crippen LogP contribution is 2.39. The van der Waals surface area contributed by atoms with E-state index in [1.807, 2.05) is 32.0 Å². The number of H-pyrrole nitrogens is 1. The number of rotatable bonds is 4. The number of pyridine rings is 1. The number of aromatic amines is 1. The minimum absolute atomic E-state index is 0.0173. The van der Waals surface area contributed by atoms with Crippen molar-refractivity contribution in [2.75, 3.05) is 6.61 Å². The third-order valence-electron chi connectivity index (χ3n) is 4.94. The third-order valence-corrected chi connectivity index (χ3v) is 4.94. The predicted molar refractivity (Wildman–Crippen MR) is 109 cm³/mol. The Morgan fingerprint density at radius 3 is 2.72 bits per heavy atom. The number of nitriles is 1. The van der Waals surface area contributed by atoms with Crippen LogP contribution < -0.4 is 11.3 Å². The number of nitrogens with two attached hydrogens (primary N) is 1. The number of nitrogens with one attached hydrogen (secondary N) is 1. The highest BCUT2D eigenvalue weighted by atomic mass is 16.5. The Morgan fingerprint density at radius 1 is 1.38 bits per heavy atom. The van der Waals surface area contributed by atoms with Gasteiger partial charge in [-0.3, -0.25) is 4.79 Å². The van der Waals surface area contributed by atoms with E-state index in [1.165, 1.54) is 6.08 Å². The number of hydrogen-bond acceptors (Lipinski definition) is 6. The molecule has 1 aromatic heterocycles. The summed E-state index contributed by atoms with van der Waals surface area (Å²) in [6, 6.07) is 7.54. The van der Waals surface area contributed by atoms with Crippen molar-refractivity contribution in [1.29, 1.82) is 5.26 Å². The van der Waals surface area contributed by atoms with Gasteiger partial charge in [-0.05, 0) is 38.0 Å². The van der Waals surface area contributed by atoms with Crippen LogP contribution in [-0.2, 0) is 14.3 Å². The first-order chi connectivity index (χ1) is 13.8. The molecular weight excluding hydrogens is 370 g/mol. The molecule has 0 amide bonds. The Balaban J connectivity index is 2.30. The van der Waals surface area contributed by atoms with Gasteiger partial charge >= 0.3 is 5.97 Å². The fourth-order valence-electron chi connectivity index (χ4n) is 3.48. The zero-order valence-electron chi connectivity index (χ0n) is 16.5. The van der Waals surface area contributed by atoms with Gasteiger partial charge in [-0.1, -0.05) is 24.8 Å². The van der Waals surface area contributed by atoms with Crippen molar-refractivity contribution in [3.63, 3.8) is 0 Å². The minimum atomic E-state index is -1.00. The molecular formula is C22H21N3O4. The number of ether oxygens (including phenoxy) is 2. The number of benzene rings is 1. The van der Waals surface area contributed by atoms with Crippen LogP contribution in [0.1, 0.15) is 29.5 Å². The number of nitrogens with zero attached hydrogens (tertiary/aromatic N) is 1. The maximum absolute atomic E-state index is 13.0. The molecule has 0 unspecified atom stereocenters. The van der Waals surface area contributed by atoms with Crippen LogP contribution in [0, 0.1) is 25.2 Å². The van der Waals surface area contributed by atoms with Gasteiger partial charge in [0.2, 0.25) is 5.88 Å². The van der Waals surface area contributed by atoms with Crippen LogP contribution in [-0.4, -0.2) is 17.6 Å². The van der Waals surface area contributed by atoms with Gasteiger partial charge in [0.1, 0.15) is 24.0 Å². The van der Waals surface area contributed by atoms with Gasteiger partial charge < -0.3 is 20.2 Å². The molecule has 29 heavy (non-hydrogen) atoms. The maximum atomic E-state index is 13.0. The molecule has 1 atom stereocenters. The van der Waals surface area contributed by atoms with Gasteiger partial charge in [0, 0.05) is 10.9 Å². The van der Waals surface area contributed by atoms with Gasteiger partial charge in [0.05, 0.1) is 17.0 Å². The summed E-state index contributed by atoms with van der Waals surface area (Å²) in [5, 5.41) is 10.5. The molecule has 0 radical (unpaired) electrons. The second-order valence-electron chi connectivity index (χ2n) is 6.82. The summed E-state index contributed by atoms with van der Waals surface area (Å²) in [4.78, 5) is 28.6. The number of carbonyl (C=O) groups excluding carboxylic acids is 1. The molecule has 7 nitrogen and oxygen atoms in total. The zero-order valence-corrected chi connectivity index (χ0v) is 16.5. The maximum Gasteiger partial charge on any atom is 0.338 e. The average Bonchev–Trinajstić information content (AvgIpc) is 2.68. The van der Waals surface area contributed by atoms with Crippen molar-refractivity contribution in [3.8, 4) is 6.07 Å². The van der Waals surface area contributed by atoms with Crippen molar-refractivity contribution < 1.29 is 14.3 Å². The lowest BCUT2D eigenvalue weighted by atomic mass is 9.83. The Hall–Kier alpha value is -3.79. The zero-order chi connectivity index (χ0) is 21.3. The van der Waals surface area contributed by atoms with Crippen LogP contribution in [0.15, 0.2) is 58.4 Å². The number of aromatic nitrogens is 1. The first kappa shape index (κ1) is 20.0. The van der Waals surface area contributed by atoms with Gasteiger partial charge in [0.25, 0.3) is 5.56 Å². The van der Waals surface area contributed by atoms with E-state index in [-0.39, 0.29) is 35.0 Å². The third kappa shape index (κ3) is 3.41. The molecule has 148 valence electrons. The minimum Gasteiger partial charge on any atom is -0.458 e. The standard InChI is InChI=1S/C22H21N3O4/c1-5-8-28-22(27)17-13(4)29-20(24)16(10-23)18(17)15-9-14-11(2)6-7-12(3)19(14)25-21(15)26/h5-7,9,18H,1,8,24H2,2-4H3,(H,25,26)/t18-/m1/s1. The van der Waals surface area contributed by atoms with E-state index in [0.29, 0.717) is 5.52 Å². The van der Waals surface area contributed by atoms with E-state index in [9.17, 15) is 14.9 Å². The Morgan fingerprint density at radius 2 is 2.07 bits per heavy atom. The fraction of sp³-hybridized carbons (Fsp3) is 0.227. The predicted octanol–water partition coefficient (Wildman–Crippen LogP) is 2.96. The summed E-state index contributed by atoms with van der Waals surface area (Å²) in [6.07, 6.45) is 1.43. The van der Waals surface area contributed by atoms with E-state index >= 15 is 0 Å². The van der Waals surface area contributed by atoms with Gasteiger partial charge in [-0.25, -0.2) is 4.79 Å². The van der Waals surface area contributed by atoms with Crippen molar-refractivity contribution in [1.82, 2.24) is 4.98 Å². The van der Waals surface area contributed by atoms with Crippen molar-refractivity contribution in [2.45, 2.75) is 26.7 Å². The van der Waals surface area contributed by atoms with Gasteiger partial charge in [0.15, 0.2) is 0 Å². The van der Waals surface area contributed by atoms with E-state index in [1.54, 1.807) is 13.0 Å². The number of esters is 1. The molecule has 1 aliphatic rings. The summed E-state index contributed by atoms with van der Waals surface area (Å²) in [5.74, 6) is -1.66. The van der Waals surface area contributed by atoms with E-state index in [2.05, 4.69) is 11.6 Å². The van der Waals surface area contributed by atoms with Crippen LogP contribution in [0.4, 0.5) is 0 Å². The molecule has 0 aliphatic carbocycles. The quantitative estimate of drug-likeness (QED) is 0.611. The molecule has 3 rings (SSSR count). The summed E-state index contributed by atoms with van der Waals surface area (Å²) < 4.78 is 10.6. The highest BCUT2D eigenvalue weighted by molar-refractivity contribution is 5.93. The Bertz CT molecular complexity index is 1190. The molecule has 0 saturated heterocycles. The summed E-state index contributed by atoms with van der Waals surface area (Å²) >= 11 is 0. The van der Waals surface area contributed by atoms with Crippen LogP contribution in [0.25, 0.3) is 10.9 Å². The van der Waals surface area contributed by atoms with E-state index in [4.69, 9.17) is 15.2 Å². The summed E-state index contributed by atoms with van der Waals surface area (Å²) in [7, 11) is 0. The number of aryl methyl sites for hydroxylation is 2. The Labute approximate surface area is 167 Å². The molecule has 7 heteroatoms. The van der Waals surface area contributed by atoms with E-state index < -0.39 is 17.4 Å². The fourth-order valence-corrected chi connectivity index (χ4v) is 3.48. The molecule has 0 saturated carbocycles. The lowest BCUT2D eigenvalue weighted by Gasteiger charge is -2.26. The molecule has 2 aromatic rings. The second-order valence-corrected chi connectivity index (χ2v) is 6.82. The second kappa shape index (κ2) is 7.68. The lowest BCUT2D eigenvalue weighted by molar-refractivity contribution is -0.138. The molecule has 3 N–H and O–H groups in total. The smallest absolute Gasteiger partial charge is 0.338 e. The number of fused-ring (bicyclic) bond motifs is 1. The highest BCUT2D eigenvalue weighted by Gasteiger charge is 2.38. The number of hydrogen-bond donors (Lipinski definition) is 2. The van der Waals surface area contributed by atoms with Crippen LogP contribution >= 0.6 is 0 Å². The number of allylic oxidation sites excluding steroid dienone is 2. The van der Waals surface area contributed by atoms with Crippen LogP contribution in [0.3, 0.4) is 0 Å². The van der Waals surface area contributed by atoms with Crippen molar-refractivity contribution in [3.05, 3.63) is 80.7 Å². The van der Waals surface area contributed by atoms with Gasteiger partial charge in [-0.15, -0.1) is 0 Å². The van der Waals surface area contributed by atoms with Crippen LogP contribution in [0.5, 0.6) is 0 Å². The molecule has 2 heterocycles. The number of carbonyl (C=O) groups is 1. The van der Waals surface area contributed by atoms with Crippen molar-refractivity contribution in [2.24, 2.45) is 5.73 Å². The largest absolute Gasteiger partial charge is 0.458 e. The van der Waals surface area contributed by atoms with E-state index in [0.717, 1.165) is 16.5 Å². The molecule has 1 aromatic carbocycles. The molecule has 0 spiro atoms.